The minimum absolute atomic E-state index is 0. The van der Waals surface area contributed by atoms with Crippen LogP contribution in [0, 0.1) is 4.91 Å². The molecule has 1 heterocycles. The van der Waals surface area contributed by atoms with E-state index in [0.717, 1.165) is 30.5 Å². The van der Waals surface area contributed by atoms with Gasteiger partial charge in [0.15, 0.2) is 5.78 Å². The summed E-state index contributed by atoms with van der Waals surface area (Å²) in [5, 5.41) is 12.5. The highest BCUT2D eigenvalue weighted by Crippen LogP contribution is 2.48. The van der Waals surface area contributed by atoms with Crippen LogP contribution < -0.4 is 9.91 Å². The molecule has 0 amide bonds. The number of nitroso groups, excluding NO2 is 1. The van der Waals surface area contributed by atoms with Crippen LogP contribution in [0.1, 0.15) is 63.1 Å². The van der Waals surface area contributed by atoms with Gasteiger partial charge in [-0.1, -0.05) is 6.07 Å². The average Bonchev–Trinajstić information content (AvgIpc) is 3.57. The second-order valence-corrected chi connectivity index (χ2v) is 9.61. The number of ether oxygens (including phenoxy) is 2. The summed E-state index contributed by atoms with van der Waals surface area (Å²) < 4.78 is 50.6. The molecule has 0 atom stereocenters. The number of benzene rings is 2. The van der Waals surface area contributed by atoms with E-state index in [9.17, 15) is 28.0 Å². The topological polar surface area (TPSA) is 117 Å². The predicted octanol–water partition coefficient (Wildman–Crippen LogP) is 5.10. The Labute approximate surface area is 199 Å². The highest BCUT2D eigenvalue weighted by atomic mass is 19.4. The Kier molecular flexibility index (Phi) is 6.60. The van der Waals surface area contributed by atoms with E-state index >= 15 is 0 Å². The molecule has 35 heavy (non-hydrogen) atoms. The predicted molar refractivity (Wildman–Crippen MR) is 120 cm³/mol. The maximum atomic E-state index is 13.3. The third-order valence-corrected chi connectivity index (χ3v) is 6.05. The second kappa shape index (κ2) is 8.76. The summed E-state index contributed by atoms with van der Waals surface area (Å²) in [6.45, 7) is 6.61. The first-order valence-electron chi connectivity index (χ1n) is 10.8. The van der Waals surface area contributed by atoms with Crippen molar-refractivity contribution >= 4 is 17.0 Å². The van der Waals surface area contributed by atoms with Gasteiger partial charge in [-0.3, -0.25) is 4.79 Å². The van der Waals surface area contributed by atoms with Crippen LogP contribution >= 0.6 is 0 Å². The van der Waals surface area contributed by atoms with Gasteiger partial charge in [0.25, 0.3) is 5.69 Å². The summed E-state index contributed by atoms with van der Waals surface area (Å²) >= 11 is 0. The van der Waals surface area contributed by atoms with Crippen molar-refractivity contribution in [1.29, 1.82) is 0 Å². The fourth-order valence-electron chi connectivity index (χ4n) is 4.26. The quantitative estimate of drug-likeness (QED) is 0.598. The first-order chi connectivity index (χ1) is 15.7. The molecule has 1 aliphatic carbocycles. The average molecular weight is 493 g/mol. The van der Waals surface area contributed by atoms with E-state index in [-0.39, 0.29) is 45.7 Å². The number of hydrogen-bond acceptors (Lipinski definition) is 6. The lowest BCUT2D eigenvalue weighted by molar-refractivity contribution is -0.380. The Morgan fingerprint density at radius 3 is 2.29 bits per heavy atom. The normalized spacial score (nSPS) is 19.2. The molecule has 1 saturated carbocycles. The van der Waals surface area contributed by atoms with Crippen LogP contribution in [0.5, 0.6) is 11.5 Å². The Morgan fingerprint density at radius 2 is 1.71 bits per heavy atom. The van der Waals surface area contributed by atoms with Crippen LogP contribution in [0.25, 0.3) is 5.57 Å². The van der Waals surface area contributed by atoms with Gasteiger partial charge in [-0.05, 0) is 81.8 Å². The fourth-order valence-corrected chi connectivity index (χ4v) is 4.26. The number of carbonyl (C=O) groups is 1. The summed E-state index contributed by atoms with van der Waals surface area (Å²) in [6, 6.07) is 7.52. The first kappa shape index (κ1) is 26.4. The largest absolute Gasteiger partial charge is 0.870 e. The number of rotatable bonds is 5. The molecule has 0 saturated heterocycles. The molecule has 0 unspecified atom stereocenters. The third kappa shape index (κ3) is 4.94. The van der Waals surface area contributed by atoms with Gasteiger partial charge >= 0.3 is 6.18 Å². The Bertz CT molecular complexity index is 1210. The highest BCUT2D eigenvalue weighted by Gasteiger charge is 2.48. The Morgan fingerprint density at radius 1 is 1.06 bits per heavy atom. The van der Waals surface area contributed by atoms with Crippen LogP contribution in [0.4, 0.5) is 18.9 Å². The van der Waals surface area contributed by atoms with E-state index in [2.05, 4.69) is 0 Å². The molecule has 1 fully saturated rings. The first-order valence-corrected chi connectivity index (χ1v) is 10.8. The van der Waals surface area contributed by atoms with Crippen molar-refractivity contribution < 1.29 is 43.2 Å². The fraction of sp³-hybridized carbons (Fsp3) is 0.400. The second-order valence-electron chi connectivity index (χ2n) is 9.61. The number of hydrogen-bond donors (Lipinski definition) is 2. The van der Waals surface area contributed by atoms with Crippen molar-refractivity contribution in [3.63, 3.8) is 0 Å². The molecule has 4 rings (SSSR count). The van der Waals surface area contributed by atoms with Gasteiger partial charge in [-0.25, -0.2) is 0 Å². The number of aliphatic hydroxyl groups is 1. The minimum atomic E-state index is -4.61. The van der Waals surface area contributed by atoms with Gasteiger partial charge in [0.05, 0.1) is 11.1 Å². The van der Waals surface area contributed by atoms with Crippen LogP contribution in [0.3, 0.4) is 0 Å². The van der Waals surface area contributed by atoms with E-state index in [1.165, 1.54) is 5.18 Å². The number of carbonyl (C=O) groups excluding carboxylic acids is 1. The van der Waals surface area contributed by atoms with Gasteiger partial charge in [0.1, 0.15) is 22.7 Å². The summed E-state index contributed by atoms with van der Waals surface area (Å²) in [6.07, 6.45) is -2.75. The number of aliphatic hydroxyl groups excluding tert-OH is 1. The Hall–Kier alpha value is -3.24. The lowest BCUT2D eigenvalue weighted by Gasteiger charge is -2.40. The maximum absolute atomic E-state index is 13.3. The van der Waals surface area contributed by atoms with E-state index in [0.29, 0.717) is 11.6 Å². The molecule has 7 nitrogen and oxygen atoms in total. The van der Waals surface area contributed by atoms with Crippen molar-refractivity contribution in [3.8, 4) is 11.5 Å². The summed E-state index contributed by atoms with van der Waals surface area (Å²) in [4.78, 5) is 24.6. The molecule has 0 bridgehead atoms. The lowest BCUT2D eigenvalue weighted by atomic mass is 9.81. The molecule has 10 heteroatoms. The van der Waals surface area contributed by atoms with Crippen LogP contribution in [0.15, 0.2) is 42.2 Å². The van der Waals surface area contributed by atoms with Crippen molar-refractivity contribution in [2.75, 3.05) is 0 Å². The monoisotopic (exact) mass is 493 g/mol. The molecule has 2 aromatic rings. The molecule has 0 aromatic heterocycles. The minimum Gasteiger partial charge on any atom is -0.870 e. The number of Topliss-reactive ketones (excluding diaryl/α,β-unsaturated/α-hetero) is 1. The van der Waals surface area contributed by atoms with Crippen LogP contribution in [-0.4, -0.2) is 27.6 Å². The molecule has 1 aliphatic heterocycles. The molecule has 3 N–H and O–H groups in total. The van der Waals surface area contributed by atoms with E-state index in [4.69, 9.17) is 9.47 Å². The summed E-state index contributed by atoms with van der Waals surface area (Å²) in [5.41, 5.74) is -2.19. The molecule has 0 spiro atoms. The van der Waals surface area contributed by atoms with Gasteiger partial charge in [-0.15, -0.1) is 0 Å². The van der Waals surface area contributed by atoms with Crippen molar-refractivity contribution in [2.24, 2.45) is 0 Å². The molecule has 2 aliphatic rings. The molecular weight excluding hydrogens is 467 g/mol. The van der Waals surface area contributed by atoms with E-state index in [1.807, 2.05) is 0 Å². The molecule has 2 aromatic carbocycles. The zero-order valence-corrected chi connectivity index (χ0v) is 19.6. The number of halogens is 3. The van der Waals surface area contributed by atoms with Gasteiger partial charge in [0.2, 0.25) is 5.75 Å². The SMILES string of the molecule is CC1(C)OC(C)(C)C(O)=C(c2cc(Oc3ccc(C(F)(F)F)cc3[NH+]=O)ccc2C2CC2)C1=O.[OH-]. The summed E-state index contributed by atoms with van der Waals surface area (Å²) in [5.74, 6) is -0.278. The number of alkyl halides is 3. The van der Waals surface area contributed by atoms with Crippen LogP contribution in [-0.2, 0) is 15.7 Å². The zero-order valence-electron chi connectivity index (χ0n) is 19.6. The third-order valence-electron chi connectivity index (χ3n) is 6.05. The molecule has 188 valence electrons. The number of nitrogens with one attached hydrogen (secondary N) is 1. The van der Waals surface area contributed by atoms with E-state index < -0.39 is 22.9 Å². The standard InChI is InChI=1S/C25H24F3NO5.H2O/c1-23(2)21(30)20(22(31)24(3,4)34-23)17-12-15(8-9-16(17)13-5-6-13)33-19-10-7-14(25(26,27)28)11-18(19)29-32;/h7-13,30H,5-6H2,1-4H3;1H2. The molecular formula is C25H26F3NO6. The van der Waals surface area contributed by atoms with Crippen molar-refractivity contribution in [1.82, 2.24) is 0 Å². The highest BCUT2D eigenvalue weighted by molar-refractivity contribution is 6.26. The Balaban J connectivity index is 0.00000342. The van der Waals surface area contributed by atoms with Gasteiger partial charge < -0.3 is 20.1 Å². The zero-order chi connectivity index (χ0) is 25.1. The maximum Gasteiger partial charge on any atom is 0.416 e. The molecule has 0 radical (unpaired) electrons. The number of ketones is 1. The lowest BCUT2D eigenvalue weighted by Crippen LogP contribution is -2.56. The van der Waals surface area contributed by atoms with Gasteiger partial charge in [0, 0.05) is 16.2 Å². The van der Waals surface area contributed by atoms with Crippen molar-refractivity contribution in [3.05, 3.63) is 63.8 Å². The van der Waals surface area contributed by atoms with Crippen LogP contribution in [0.2, 0.25) is 0 Å². The van der Waals surface area contributed by atoms with E-state index in [1.54, 1.807) is 45.9 Å². The van der Waals surface area contributed by atoms with Gasteiger partial charge in [-0.2, -0.15) is 13.2 Å². The van der Waals surface area contributed by atoms with Crippen molar-refractivity contribution in [2.45, 2.75) is 63.8 Å². The summed E-state index contributed by atoms with van der Waals surface area (Å²) in [7, 11) is 0. The smallest absolute Gasteiger partial charge is 0.416 e.